The molecule has 2 aromatic carbocycles. The molecule has 0 radical (unpaired) electrons. The summed E-state index contributed by atoms with van der Waals surface area (Å²) in [6, 6.07) is 16.2. The number of nitrogens with zero attached hydrogens (tertiary/aromatic N) is 4. The van der Waals surface area contributed by atoms with Gasteiger partial charge in [0.1, 0.15) is 4.91 Å². The molecule has 32 heavy (non-hydrogen) atoms. The number of hydrogen-bond acceptors (Lipinski definition) is 7. The van der Waals surface area contributed by atoms with Gasteiger partial charge in [-0.3, -0.25) is 10.1 Å². The normalized spacial score (nSPS) is 11.5. The molecule has 0 aliphatic rings. The van der Waals surface area contributed by atoms with Gasteiger partial charge < -0.3 is 14.1 Å². The Morgan fingerprint density at radius 1 is 1.16 bits per heavy atom. The van der Waals surface area contributed by atoms with E-state index in [9.17, 15) is 20.0 Å². The van der Waals surface area contributed by atoms with E-state index in [2.05, 4.69) is 10.2 Å². The molecular formula is C21H13ClN4O5S. The summed E-state index contributed by atoms with van der Waals surface area (Å²) in [4.78, 5) is 22.4. The van der Waals surface area contributed by atoms with E-state index in [0.717, 1.165) is 11.8 Å². The van der Waals surface area contributed by atoms with Crippen molar-refractivity contribution < 1.29 is 19.2 Å². The molecule has 0 saturated heterocycles. The van der Waals surface area contributed by atoms with Crippen molar-refractivity contribution in [2.24, 2.45) is 0 Å². The molecule has 0 bridgehead atoms. The van der Waals surface area contributed by atoms with Crippen LogP contribution in [-0.2, 0) is 4.79 Å². The highest BCUT2D eigenvalue weighted by atomic mass is 35.5. The van der Waals surface area contributed by atoms with Gasteiger partial charge in [-0.15, -0.1) is 10.2 Å². The van der Waals surface area contributed by atoms with Crippen LogP contribution in [0, 0.1) is 10.1 Å². The lowest BCUT2D eigenvalue weighted by Gasteiger charge is -2.07. The van der Waals surface area contributed by atoms with E-state index in [1.807, 2.05) is 0 Å². The number of carboxylic acid groups (broad SMARTS) is 1. The number of non-ortho nitro benzene ring substituents is 1. The van der Waals surface area contributed by atoms with Gasteiger partial charge in [0.15, 0.2) is 0 Å². The summed E-state index contributed by atoms with van der Waals surface area (Å²) in [6.45, 7) is 0. The van der Waals surface area contributed by atoms with Crippen molar-refractivity contribution in [2.45, 2.75) is 5.22 Å². The first kappa shape index (κ1) is 21.3. The fraction of sp³-hybridized carbons (Fsp3) is 0. The minimum atomic E-state index is -1.19. The first-order chi connectivity index (χ1) is 15.4. The molecule has 2 aromatic heterocycles. The fourth-order valence-corrected chi connectivity index (χ4v) is 3.61. The third kappa shape index (κ3) is 4.71. The second kappa shape index (κ2) is 9.08. The van der Waals surface area contributed by atoms with Gasteiger partial charge in [0.25, 0.3) is 10.9 Å². The molecule has 9 nitrogen and oxygen atoms in total. The number of thioether (sulfide) groups is 1. The van der Waals surface area contributed by atoms with Crippen molar-refractivity contribution in [2.75, 3.05) is 0 Å². The van der Waals surface area contributed by atoms with Crippen molar-refractivity contribution in [1.29, 1.82) is 0 Å². The summed E-state index contributed by atoms with van der Waals surface area (Å²) in [5, 5.41) is 29.2. The monoisotopic (exact) mass is 468 g/mol. The summed E-state index contributed by atoms with van der Waals surface area (Å²) in [5.74, 6) is -0.957. The number of carboxylic acids is 1. The Kier molecular flexibility index (Phi) is 6.06. The van der Waals surface area contributed by atoms with Gasteiger partial charge in [-0.25, -0.2) is 4.79 Å². The van der Waals surface area contributed by atoms with Gasteiger partial charge in [-0.05, 0) is 60.3 Å². The Hall–Kier alpha value is -3.89. The number of nitro benzene ring substituents is 1. The number of carbonyl (C=O) groups is 1. The lowest BCUT2D eigenvalue weighted by Crippen LogP contribution is -2.00. The molecule has 160 valence electrons. The van der Waals surface area contributed by atoms with E-state index in [4.69, 9.17) is 16.0 Å². The smallest absolute Gasteiger partial charge is 0.342 e. The lowest BCUT2D eigenvalue weighted by atomic mass is 10.2. The van der Waals surface area contributed by atoms with Crippen molar-refractivity contribution >= 4 is 41.1 Å². The minimum absolute atomic E-state index is 0.0528. The number of rotatable bonds is 7. The van der Waals surface area contributed by atoms with Gasteiger partial charge in [0.05, 0.1) is 10.6 Å². The Morgan fingerprint density at radius 2 is 1.94 bits per heavy atom. The van der Waals surface area contributed by atoms with Gasteiger partial charge in [0, 0.05) is 34.6 Å². The maximum atomic E-state index is 11.8. The zero-order valence-corrected chi connectivity index (χ0v) is 17.7. The topological polar surface area (TPSA) is 124 Å². The second-order valence-corrected chi connectivity index (χ2v) is 7.81. The first-order valence-electron chi connectivity index (χ1n) is 9.05. The largest absolute Gasteiger partial charge is 0.477 e. The van der Waals surface area contributed by atoms with Gasteiger partial charge in [0.2, 0.25) is 5.89 Å². The van der Waals surface area contributed by atoms with Crippen LogP contribution in [0.5, 0.6) is 0 Å². The molecule has 0 fully saturated rings. The molecule has 4 rings (SSSR count). The quantitative estimate of drug-likeness (QED) is 0.167. The van der Waals surface area contributed by atoms with Crippen LogP contribution in [0.25, 0.3) is 23.2 Å². The molecular weight excluding hydrogens is 456 g/mol. The Balaban J connectivity index is 1.63. The number of aliphatic carboxylic acids is 1. The SMILES string of the molecule is O=C(O)/C(=C/c1cccn1-c1cccc([N+](=O)[O-])c1)Sc1nnc(-c2ccc(Cl)cc2)o1. The van der Waals surface area contributed by atoms with E-state index in [0.29, 0.717) is 22.0 Å². The molecule has 0 saturated carbocycles. The second-order valence-electron chi connectivity index (χ2n) is 6.38. The van der Waals surface area contributed by atoms with E-state index in [1.54, 1.807) is 59.3 Å². The lowest BCUT2D eigenvalue weighted by molar-refractivity contribution is -0.384. The van der Waals surface area contributed by atoms with E-state index in [1.165, 1.54) is 18.2 Å². The van der Waals surface area contributed by atoms with E-state index in [-0.39, 0.29) is 21.7 Å². The third-order valence-corrected chi connectivity index (χ3v) is 5.39. The number of aromatic nitrogens is 3. The summed E-state index contributed by atoms with van der Waals surface area (Å²) < 4.78 is 7.22. The van der Waals surface area contributed by atoms with Crippen molar-refractivity contribution in [3.8, 4) is 17.1 Å². The highest BCUT2D eigenvalue weighted by molar-refractivity contribution is 8.03. The maximum absolute atomic E-state index is 11.8. The highest BCUT2D eigenvalue weighted by Crippen LogP contribution is 2.31. The van der Waals surface area contributed by atoms with Crippen LogP contribution < -0.4 is 0 Å². The Morgan fingerprint density at radius 3 is 2.66 bits per heavy atom. The molecule has 0 aliphatic carbocycles. The highest BCUT2D eigenvalue weighted by Gasteiger charge is 2.17. The molecule has 0 spiro atoms. The third-order valence-electron chi connectivity index (χ3n) is 4.28. The number of halogens is 1. The zero-order valence-electron chi connectivity index (χ0n) is 16.1. The van der Waals surface area contributed by atoms with Crippen LogP contribution in [0.3, 0.4) is 0 Å². The maximum Gasteiger partial charge on any atom is 0.342 e. The molecule has 0 aliphatic heterocycles. The summed E-state index contributed by atoms with van der Waals surface area (Å²) in [6.07, 6.45) is 3.11. The summed E-state index contributed by atoms with van der Waals surface area (Å²) >= 11 is 6.68. The molecule has 4 aromatic rings. The number of benzene rings is 2. The average Bonchev–Trinajstić information content (AvgIpc) is 3.43. The van der Waals surface area contributed by atoms with Crippen molar-refractivity contribution in [1.82, 2.24) is 14.8 Å². The molecule has 1 N–H and O–H groups in total. The summed E-state index contributed by atoms with van der Waals surface area (Å²) in [7, 11) is 0. The van der Waals surface area contributed by atoms with Gasteiger partial charge in [-0.2, -0.15) is 0 Å². The molecule has 2 heterocycles. The predicted octanol–water partition coefficient (Wildman–Crippen LogP) is 5.31. The van der Waals surface area contributed by atoms with Crippen LogP contribution in [-0.4, -0.2) is 30.8 Å². The van der Waals surface area contributed by atoms with E-state index >= 15 is 0 Å². The number of nitro groups is 1. The van der Waals surface area contributed by atoms with Crippen LogP contribution >= 0.6 is 23.4 Å². The predicted molar refractivity (Wildman–Crippen MR) is 119 cm³/mol. The first-order valence-corrected chi connectivity index (χ1v) is 10.2. The number of hydrogen-bond donors (Lipinski definition) is 1. The molecule has 0 atom stereocenters. The van der Waals surface area contributed by atoms with Crippen LogP contribution in [0.2, 0.25) is 5.02 Å². The van der Waals surface area contributed by atoms with Crippen LogP contribution in [0.4, 0.5) is 5.69 Å². The Bertz CT molecular complexity index is 1330. The van der Waals surface area contributed by atoms with Crippen LogP contribution in [0.1, 0.15) is 5.69 Å². The van der Waals surface area contributed by atoms with Gasteiger partial charge in [-0.1, -0.05) is 17.7 Å². The molecule has 11 heteroatoms. The minimum Gasteiger partial charge on any atom is -0.477 e. The molecule has 0 amide bonds. The summed E-state index contributed by atoms with van der Waals surface area (Å²) in [5.41, 5.74) is 1.61. The Labute approximate surface area is 190 Å². The van der Waals surface area contributed by atoms with Crippen molar-refractivity contribution in [3.05, 3.63) is 92.6 Å². The van der Waals surface area contributed by atoms with E-state index < -0.39 is 10.9 Å². The average molecular weight is 469 g/mol. The van der Waals surface area contributed by atoms with Crippen LogP contribution in [0.15, 0.2) is 81.4 Å². The standard InChI is InChI=1S/C21H13ClN4O5S/c22-14-8-6-13(7-9-14)19-23-24-21(31-19)32-18(20(27)28)12-16-5-2-10-25(16)15-3-1-4-17(11-15)26(29)30/h1-12H,(H,27,28)/b18-12-. The zero-order chi connectivity index (χ0) is 22.7. The molecule has 0 unspecified atom stereocenters. The van der Waals surface area contributed by atoms with Crippen molar-refractivity contribution in [3.63, 3.8) is 0 Å². The van der Waals surface area contributed by atoms with Gasteiger partial charge >= 0.3 is 5.97 Å². The fourth-order valence-electron chi connectivity index (χ4n) is 2.83.